The Morgan fingerprint density at radius 3 is 2.70 bits per heavy atom. The zero-order valence-electron chi connectivity index (χ0n) is 12.4. The third-order valence-corrected chi connectivity index (χ3v) is 5.24. The summed E-state index contributed by atoms with van der Waals surface area (Å²) in [4.78, 5) is 12.1. The molecule has 0 heterocycles. The van der Waals surface area contributed by atoms with E-state index >= 15 is 0 Å². The van der Waals surface area contributed by atoms with Gasteiger partial charge in [-0.1, -0.05) is 32.4 Å². The van der Waals surface area contributed by atoms with Gasteiger partial charge in [-0.2, -0.15) is 0 Å². The van der Waals surface area contributed by atoms with Crippen LogP contribution in [0.15, 0.2) is 24.3 Å². The Morgan fingerprint density at radius 1 is 1.40 bits per heavy atom. The fourth-order valence-electron chi connectivity index (χ4n) is 1.68. The molecule has 1 rings (SSSR count). The van der Waals surface area contributed by atoms with E-state index in [1.165, 1.54) is 0 Å². The molecule has 0 aromatic heterocycles. The zero-order valence-corrected chi connectivity index (χ0v) is 13.2. The van der Waals surface area contributed by atoms with Gasteiger partial charge >= 0.3 is 0 Å². The van der Waals surface area contributed by atoms with E-state index in [9.17, 15) is 9.00 Å². The minimum atomic E-state index is -1.14. The highest BCUT2D eigenvalue weighted by Gasteiger charge is 2.21. The molecule has 20 heavy (non-hydrogen) atoms. The Balaban J connectivity index is 2.63. The Morgan fingerprint density at radius 2 is 2.10 bits per heavy atom. The SMILES string of the molecule is CCC(C)CS(=O)C(C)C(=O)Nc1cccc(CN)c1. The minimum Gasteiger partial charge on any atom is -0.326 e. The van der Waals surface area contributed by atoms with E-state index < -0.39 is 16.0 Å². The van der Waals surface area contributed by atoms with Gasteiger partial charge in [0.05, 0.1) is 0 Å². The van der Waals surface area contributed by atoms with Crippen LogP contribution in [0.3, 0.4) is 0 Å². The van der Waals surface area contributed by atoms with Crippen LogP contribution >= 0.6 is 0 Å². The molecule has 1 amide bonds. The molecule has 0 aliphatic carbocycles. The number of benzene rings is 1. The zero-order chi connectivity index (χ0) is 15.1. The molecule has 1 aromatic rings. The normalized spacial score (nSPS) is 15.4. The molecule has 1 aromatic carbocycles. The molecule has 0 saturated carbocycles. The summed E-state index contributed by atoms with van der Waals surface area (Å²) in [5.41, 5.74) is 7.22. The Kier molecular flexibility index (Phi) is 6.88. The highest BCUT2D eigenvalue weighted by atomic mass is 32.2. The van der Waals surface area contributed by atoms with E-state index in [4.69, 9.17) is 5.73 Å². The Hall–Kier alpha value is -1.20. The van der Waals surface area contributed by atoms with Gasteiger partial charge in [-0.05, 0) is 30.5 Å². The molecular formula is C15H24N2O2S. The monoisotopic (exact) mass is 296 g/mol. The summed E-state index contributed by atoms with van der Waals surface area (Å²) >= 11 is 0. The molecule has 112 valence electrons. The maximum atomic E-state index is 12.1. The lowest BCUT2D eigenvalue weighted by Crippen LogP contribution is -2.31. The number of carbonyl (C=O) groups is 1. The summed E-state index contributed by atoms with van der Waals surface area (Å²) < 4.78 is 12.1. The molecule has 4 nitrogen and oxygen atoms in total. The number of rotatable bonds is 7. The molecule has 3 unspecified atom stereocenters. The molecule has 0 saturated heterocycles. The third-order valence-electron chi connectivity index (χ3n) is 3.34. The first-order chi connectivity index (χ1) is 9.47. The molecule has 3 atom stereocenters. The van der Waals surface area contributed by atoms with Crippen molar-refractivity contribution in [2.75, 3.05) is 11.1 Å². The second-order valence-electron chi connectivity index (χ2n) is 5.10. The number of nitrogens with two attached hydrogens (primary N) is 1. The average Bonchev–Trinajstić information content (AvgIpc) is 2.46. The van der Waals surface area contributed by atoms with E-state index in [1.54, 1.807) is 13.0 Å². The maximum Gasteiger partial charge on any atom is 0.239 e. The van der Waals surface area contributed by atoms with Crippen LogP contribution in [-0.4, -0.2) is 21.1 Å². The van der Waals surface area contributed by atoms with Gasteiger partial charge in [0.1, 0.15) is 5.25 Å². The van der Waals surface area contributed by atoms with E-state index in [0.717, 1.165) is 12.0 Å². The van der Waals surface area contributed by atoms with Crippen molar-refractivity contribution in [2.24, 2.45) is 11.7 Å². The molecule has 0 aliphatic heterocycles. The van der Waals surface area contributed by atoms with Crippen LogP contribution in [0.5, 0.6) is 0 Å². The fraction of sp³-hybridized carbons (Fsp3) is 0.533. The first-order valence-electron chi connectivity index (χ1n) is 6.95. The van der Waals surface area contributed by atoms with Gasteiger partial charge in [0.25, 0.3) is 0 Å². The van der Waals surface area contributed by atoms with Crippen LogP contribution in [0.1, 0.15) is 32.8 Å². The van der Waals surface area contributed by atoms with Gasteiger partial charge in [0.2, 0.25) is 5.91 Å². The second kappa shape index (κ2) is 8.17. The molecule has 0 spiro atoms. The number of nitrogens with one attached hydrogen (secondary N) is 1. The lowest BCUT2D eigenvalue weighted by Gasteiger charge is -2.15. The van der Waals surface area contributed by atoms with E-state index in [2.05, 4.69) is 12.2 Å². The van der Waals surface area contributed by atoms with Gasteiger partial charge in [-0.3, -0.25) is 9.00 Å². The van der Waals surface area contributed by atoms with Gasteiger partial charge in [0.15, 0.2) is 0 Å². The van der Waals surface area contributed by atoms with Crippen molar-refractivity contribution < 1.29 is 9.00 Å². The molecule has 3 N–H and O–H groups in total. The quantitative estimate of drug-likeness (QED) is 0.810. The van der Waals surface area contributed by atoms with E-state index in [1.807, 2.05) is 25.1 Å². The van der Waals surface area contributed by atoms with Crippen molar-refractivity contribution in [1.82, 2.24) is 0 Å². The molecule has 0 radical (unpaired) electrons. The van der Waals surface area contributed by atoms with E-state index in [0.29, 0.717) is 23.9 Å². The summed E-state index contributed by atoms with van der Waals surface area (Å²) in [6.07, 6.45) is 0.971. The number of hydrogen-bond acceptors (Lipinski definition) is 3. The summed E-state index contributed by atoms with van der Waals surface area (Å²) in [7, 11) is -1.14. The minimum absolute atomic E-state index is 0.208. The number of amides is 1. The van der Waals surface area contributed by atoms with Crippen molar-refractivity contribution in [2.45, 2.75) is 39.0 Å². The standard InChI is InChI=1S/C15H24N2O2S/c1-4-11(2)10-20(19)12(3)15(18)17-14-7-5-6-13(8-14)9-16/h5-8,11-12H,4,9-10,16H2,1-3H3,(H,17,18). The molecular weight excluding hydrogens is 272 g/mol. The van der Waals surface area contributed by atoms with E-state index in [-0.39, 0.29) is 5.91 Å². The van der Waals surface area contributed by atoms with Crippen LogP contribution in [-0.2, 0) is 22.1 Å². The smallest absolute Gasteiger partial charge is 0.239 e. The second-order valence-corrected chi connectivity index (χ2v) is 6.90. The van der Waals surface area contributed by atoms with Crippen LogP contribution in [0.2, 0.25) is 0 Å². The third kappa shape index (κ3) is 5.06. The van der Waals surface area contributed by atoms with Crippen molar-refractivity contribution in [3.63, 3.8) is 0 Å². The highest BCUT2D eigenvalue weighted by Crippen LogP contribution is 2.13. The van der Waals surface area contributed by atoms with Crippen molar-refractivity contribution in [3.05, 3.63) is 29.8 Å². The van der Waals surface area contributed by atoms with Gasteiger partial charge in [0, 0.05) is 28.8 Å². The Labute approximate surface area is 123 Å². The summed E-state index contributed by atoms with van der Waals surface area (Å²) in [5.74, 6) is 0.723. The molecule has 0 fully saturated rings. The fourth-order valence-corrected chi connectivity index (χ4v) is 3.06. The highest BCUT2D eigenvalue weighted by molar-refractivity contribution is 7.86. The van der Waals surface area contributed by atoms with Crippen molar-refractivity contribution in [3.8, 4) is 0 Å². The number of hydrogen-bond donors (Lipinski definition) is 2. The number of carbonyl (C=O) groups excluding carboxylic acids is 1. The first-order valence-corrected chi connectivity index (χ1v) is 8.33. The molecule has 0 aliphatic rings. The van der Waals surface area contributed by atoms with Crippen LogP contribution < -0.4 is 11.1 Å². The van der Waals surface area contributed by atoms with Gasteiger partial charge in [-0.25, -0.2) is 0 Å². The molecule has 0 bridgehead atoms. The lowest BCUT2D eigenvalue weighted by atomic mass is 10.2. The summed E-state index contributed by atoms with van der Waals surface area (Å²) in [6, 6.07) is 7.39. The summed E-state index contributed by atoms with van der Waals surface area (Å²) in [6.45, 7) is 6.25. The lowest BCUT2D eigenvalue weighted by molar-refractivity contribution is -0.115. The van der Waals surface area contributed by atoms with Crippen molar-refractivity contribution in [1.29, 1.82) is 0 Å². The predicted octanol–water partition coefficient (Wildman–Crippen LogP) is 2.27. The first kappa shape index (κ1) is 16.9. The van der Waals surface area contributed by atoms with Crippen molar-refractivity contribution >= 4 is 22.4 Å². The van der Waals surface area contributed by atoms with Gasteiger partial charge < -0.3 is 11.1 Å². The van der Waals surface area contributed by atoms with Gasteiger partial charge in [-0.15, -0.1) is 0 Å². The average molecular weight is 296 g/mol. The summed E-state index contributed by atoms with van der Waals surface area (Å²) in [5, 5.41) is 2.29. The predicted molar refractivity (Wildman–Crippen MR) is 84.9 cm³/mol. The van der Waals surface area contributed by atoms with Crippen LogP contribution in [0, 0.1) is 5.92 Å². The Bertz CT molecular complexity index is 477. The molecule has 5 heteroatoms. The topological polar surface area (TPSA) is 72.2 Å². The largest absolute Gasteiger partial charge is 0.326 e. The maximum absolute atomic E-state index is 12.1. The van der Waals surface area contributed by atoms with Crippen LogP contribution in [0.25, 0.3) is 0 Å². The number of anilines is 1. The van der Waals surface area contributed by atoms with Crippen LogP contribution in [0.4, 0.5) is 5.69 Å².